The van der Waals surface area contributed by atoms with Gasteiger partial charge in [-0.1, -0.05) is 18.2 Å². The number of nitrogens with one attached hydrogen (secondary N) is 2. The molecule has 1 atom stereocenters. The van der Waals surface area contributed by atoms with E-state index in [9.17, 15) is 10.1 Å². The first-order chi connectivity index (χ1) is 15.4. The molecule has 2 aliphatic heterocycles. The molecule has 1 unspecified atom stereocenters. The Hall–Kier alpha value is -4.35. The molecule has 0 bridgehead atoms. The number of fused-ring (bicyclic) bond motifs is 1. The van der Waals surface area contributed by atoms with E-state index < -0.39 is 6.04 Å². The zero-order valence-corrected chi connectivity index (χ0v) is 17.5. The highest BCUT2D eigenvalue weighted by Crippen LogP contribution is 2.41. The highest BCUT2D eigenvalue weighted by atomic mass is 16.2. The van der Waals surface area contributed by atoms with E-state index in [2.05, 4.69) is 25.5 Å². The van der Waals surface area contributed by atoms with Gasteiger partial charge in [-0.05, 0) is 18.7 Å². The van der Waals surface area contributed by atoms with Crippen molar-refractivity contribution in [1.82, 2.24) is 20.1 Å². The van der Waals surface area contributed by atoms with Crippen molar-refractivity contribution in [2.75, 3.05) is 50.0 Å². The van der Waals surface area contributed by atoms with E-state index in [-0.39, 0.29) is 34.8 Å². The average molecular weight is 430 g/mol. The summed E-state index contributed by atoms with van der Waals surface area (Å²) in [4.78, 5) is 26.2. The molecule has 0 radical (unpaired) electrons. The molecule has 1 fully saturated rings. The number of amides is 1. The van der Waals surface area contributed by atoms with E-state index >= 15 is 0 Å². The minimum atomic E-state index is -0.769. The van der Waals surface area contributed by atoms with Gasteiger partial charge < -0.3 is 26.6 Å². The Morgan fingerprint density at radius 2 is 1.94 bits per heavy atom. The SMILES string of the molecule is CN1CCN(C(=O)c2ccccc2C2N=C(NC#N)Nc3nc(N)c(C#N)c(N)c32)CC1. The Labute approximate surface area is 184 Å². The lowest BCUT2D eigenvalue weighted by Gasteiger charge is -2.33. The second kappa shape index (κ2) is 8.41. The number of benzene rings is 1. The van der Waals surface area contributed by atoms with Crippen LogP contribution >= 0.6 is 0 Å². The summed E-state index contributed by atoms with van der Waals surface area (Å²) < 4.78 is 0. The van der Waals surface area contributed by atoms with Crippen LogP contribution in [0, 0.1) is 22.8 Å². The van der Waals surface area contributed by atoms with Crippen LogP contribution in [-0.2, 0) is 0 Å². The summed E-state index contributed by atoms with van der Waals surface area (Å²) in [5.74, 6) is 0.276. The molecule has 6 N–H and O–H groups in total. The van der Waals surface area contributed by atoms with Crippen molar-refractivity contribution in [2.45, 2.75) is 6.04 Å². The van der Waals surface area contributed by atoms with Crippen LogP contribution in [0.15, 0.2) is 29.3 Å². The monoisotopic (exact) mass is 430 g/mol. The van der Waals surface area contributed by atoms with Crippen LogP contribution in [0.2, 0.25) is 0 Å². The van der Waals surface area contributed by atoms with Crippen LogP contribution in [0.4, 0.5) is 17.3 Å². The molecular formula is C21H22N10O. The van der Waals surface area contributed by atoms with Gasteiger partial charge in [-0.2, -0.15) is 10.5 Å². The number of piperazine rings is 1. The minimum Gasteiger partial charge on any atom is -0.397 e. The first-order valence-corrected chi connectivity index (χ1v) is 10.00. The number of nitrogens with two attached hydrogens (primary N) is 2. The maximum Gasteiger partial charge on any atom is 0.254 e. The van der Waals surface area contributed by atoms with Gasteiger partial charge in [0.1, 0.15) is 29.3 Å². The third-order valence-electron chi connectivity index (χ3n) is 5.63. The molecule has 4 rings (SSSR count). The number of nitrogens with zero attached hydrogens (tertiary/aromatic N) is 6. The van der Waals surface area contributed by atoms with E-state index in [0.717, 1.165) is 13.1 Å². The second-order valence-corrected chi connectivity index (χ2v) is 7.58. The summed E-state index contributed by atoms with van der Waals surface area (Å²) in [6.45, 7) is 2.83. The standard InChI is InChI=1S/C21H22N10O/c1-30-6-8-31(9-7-30)20(32)13-5-3-2-4-12(13)17-15-16(24)14(10-22)18(25)28-19(15)29-21(27-17)26-11-23/h2-5,17H,6-9H2,1H3,(H6,24,25,26,27,28,29). The number of aromatic nitrogens is 1. The molecule has 0 spiro atoms. The number of likely N-dealkylation sites (N-methyl/N-ethyl adjacent to an activating group) is 1. The fourth-order valence-corrected chi connectivity index (χ4v) is 3.92. The predicted octanol–water partition coefficient (Wildman–Crippen LogP) is 0.447. The molecule has 11 heteroatoms. The molecule has 11 nitrogen and oxygen atoms in total. The predicted molar refractivity (Wildman–Crippen MR) is 119 cm³/mol. The fraction of sp³-hybridized carbons (Fsp3) is 0.286. The molecular weight excluding hydrogens is 408 g/mol. The van der Waals surface area contributed by atoms with E-state index in [1.165, 1.54) is 0 Å². The maximum atomic E-state index is 13.4. The number of hydrogen-bond donors (Lipinski definition) is 4. The Bertz CT molecular complexity index is 1180. The Morgan fingerprint density at radius 1 is 1.22 bits per heavy atom. The summed E-state index contributed by atoms with van der Waals surface area (Å²) >= 11 is 0. The quantitative estimate of drug-likeness (QED) is 0.389. The maximum absolute atomic E-state index is 13.4. The highest BCUT2D eigenvalue weighted by molar-refractivity contribution is 6.00. The zero-order valence-electron chi connectivity index (χ0n) is 17.5. The third kappa shape index (κ3) is 3.62. The first-order valence-electron chi connectivity index (χ1n) is 10.00. The number of pyridine rings is 1. The lowest BCUT2D eigenvalue weighted by molar-refractivity contribution is 0.0662. The molecule has 2 aliphatic rings. The van der Waals surface area contributed by atoms with Crippen molar-refractivity contribution >= 4 is 29.2 Å². The number of carbonyl (C=O) groups is 1. The Morgan fingerprint density at radius 3 is 2.62 bits per heavy atom. The van der Waals surface area contributed by atoms with Crippen LogP contribution in [0.5, 0.6) is 0 Å². The van der Waals surface area contributed by atoms with Crippen molar-refractivity contribution in [3.63, 3.8) is 0 Å². The van der Waals surface area contributed by atoms with Crippen LogP contribution in [-0.4, -0.2) is 59.9 Å². The van der Waals surface area contributed by atoms with Crippen LogP contribution in [0.1, 0.15) is 33.1 Å². The van der Waals surface area contributed by atoms with Gasteiger partial charge >= 0.3 is 0 Å². The summed E-state index contributed by atoms with van der Waals surface area (Å²) in [6.07, 6.45) is 1.82. The molecule has 0 saturated carbocycles. The van der Waals surface area contributed by atoms with E-state index in [4.69, 9.17) is 16.7 Å². The Balaban J connectivity index is 1.84. The van der Waals surface area contributed by atoms with Gasteiger partial charge in [0.05, 0.1) is 5.69 Å². The smallest absolute Gasteiger partial charge is 0.254 e. The summed E-state index contributed by atoms with van der Waals surface area (Å²) in [7, 11) is 2.02. The molecule has 1 aromatic carbocycles. The molecule has 32 heavy (non-hydrogen) atoms. The molecule has 3 heterocycles. The summed E-state index contributed by atoms with van der Waals surface area (Å²) in [5, 5.41) is 23.9. The molecule has 1 aromatic heterocycles. The van der Waals surface area contributed by atoms with Crippen LogP contribution in [0.25, 0.3) is 0 Å². The first kappa shape index (κ1) is 20.9. The van der Waals surface area contributed by atoms with E-state index in [0.29, 0.717) is 29.8 Å². The third-order valence-corrected chi connectivity index (χ3v) is 5.63. The van der Waals surface area contributed by atoms with Crippen molar-refractivity contribution in [1.29, 1.82) is 10.5 Å². The van der Waals surface area contributed by atoms with Crippen molar-refractivity contribution in [3.8, 4) is 12.3 Å². The molecule has 2 aromatic rings. The number of aliphatic imine (C=N–C) groups is 1. The number of nitriles is 2. The lowest BCUT2D eigenvalue weighted by Crippen LogP contribution is -2.47. The number of guanidine groups is 1. The number of hydrogen-bond acceptors (Lipinski definition) is 10. The van der Waals surface area contributed by atoms with Crippen LogP contribution in [0.3, 0.4) is 0 Å². The van der Waals surface area contributed by atoms with Gasteiger partial charge in [0.25, 0.3) is 5.91 Å². The molecule has 0 aliphatic carbocycles. The van der Waals surface area contributed by atoms with E-state index in [1.54, 1.807) is 24.3 Å². The van der Waals surface area contributed by atoms with Gasteiger partial charge in [0, 0.05) is 37.3 Å². The van der Waals surface area contributed by atoms with Gasteiger partial charge in [-0.3, -0.25) is 10.1 Å². The largest absolute Gasteiger partial charge is 0.397 e. The van der Waals surface area contributed by atoms with Gasteiger partial charge in [-0.15, -0.1) is 0 Å². The molecule has 1 saturated heterocycles. The fourth-order valence-electron chi connectivity index (χ4n) is 3.92. The lowest BCUT2D eigenvalue weighted by atomic mass is 9.91. The van der Waals surface area contributed by atoms with Crippen molar-refractivity contribution in [2.24, 2.45) is 4.99 Å². The highest BCUT2D eigenvalue weighted by Gasteiger charge is 2.33. The van der Waals surface area contributed by atoms with E-state index in [1.807, 2.05) is 24.2 Å². The Kier molecular flexibility index (Phi) is 5.50. The summed E-state index contributed by atoms with van der Waals surface area (Å²) in [5.41, 5.74) is 13.9. The average Bonchev–Trinajstić information content (AvgIpc) is 2.79. The van der Waals surface area contributed by atoms with Crippen molar-refractivity contribution < 1.29 is 4.79 Å². The summed E-state index contributed by atoms with van der Waals surface area (Å²) in [6, 6.07) is 8.34. The second-order valence-electron chi connectivity index (χ2n) is 7.58. The van der Waals surface area contributed by atoms with Gasteiger partial charge in [0.15, 0.2) is 6.19 Å². The number of rotatable bonds is 2. The number of carbonyl (C=O) groups excluding carboxylic acids is 1. The van der Waals surface area contributed by atoms with Crippen LogP contribution < -0.4 is 22.1 Å². The minimum absolute atomic E-state index is 0.0324. The number of anilines is 3. The number of nitrogen functional groups attached to an aromatic ring is 2. The van der Waals surface area contributed by atoms with Gasteiger partial charge in [0.2, 0.25) is 5.96 Å². The normalized spacial score (nSPS) is 17.9. The topological polar surface area (TPSA) is 172 Å². The zero-order chi connectivity index (χ0) is 22.8. The molecule has 162 valence electrons. The van der Waals surface area contributed by atoms with Crippen molar-refractivity contribution in [3.05, 3.63) is 46.5 Å². The molecule has 1 amide bonds. The van der Waals surface area contributed by atoms with Gasteiger partial charge in [-0.25, -0.2) is 9.98 Å².